The quantitative estimate of drug-likeness (QED) is 0.195. The van der Waals surface area contributed by atoms with Crippen LogP contribution in [0.25, 0.3) is 0 Å². The van der Waals surface area contributed by atoms with E-state index in [-0.39, 0.29) is 27.6 Å². The molecule has 0 saturated heterocycles. The normalized spacial score (nSPS) is 13.2. The molecule has 1 rings (SSSR count). The second kappa shape index (κ2) is 19.9. The predicted octanol–water partition coefficient (Wildman–Crippen LogP) is 11.9. The maximum Gasteiger partial charge on any atom is 0.220 e. The molecule has 266 valence electrons. The minimum atomic E-state index is 0.176. The van der Waals surface area contributed by atoms with E-state index in [2.05, 4.69) is 159 Å². The summed E-state index contributed by atoms with van der Waals surface area (Å²) in [5.74, 6) is 0.176. The maximum absolute atomic E-state index is 11.4. The molecule has 45 heavy (non-hydrogen) atoms. The van der Waals surface area contributed by atoms with Gasteiger partial charge in [0, 0.05) is 25.7 Å². The van der Waals surface area contributed by atoms with Crippen molar-refractivity contribution in [2.24, 2.45) is 32.5 Å². The lowest BCUT2D eigenvalue weighted by atomic mass is 9.89. The zero-order chi connectivity index (χ0) is 35.8. The number of nitrogens with one attached hydrogen (secondary N) is 1. The van der Waals surface area contributed by atoms with Gasteiger partial charge in [-0.1, -0.05) is 142 Å². The van der Waals surface area contributed by atoms with E-state index in [9.17, 15) is 4.79 Å². The van der Waals surface area contributed by atoms with Gasteiger partial charge in [-0.15, -0.1) is 5.10 Å². The maximum atomic E-state index is 11.4. The van der Waals surface area contributed by atoms with Crippen LogP contribution in [0.1, 0.15) is 182 Å². The molecule has 1 amide bonds. The van der Waals surface area contributed by atoms with Crippen LogP contribution in [0.3, 0.4) is 0 Å². The Morgan fingerprint density at radius 1 is 0.644 bits per heavy atom. The summed E-state index contributed by atoms with van der Waals surface area (Å²) in [5, 5.41) is 11.3. The van der Waals surface area contributed by atoms with E-state index in [1.165, 1.54) is 38.5 Å². The fourth-order valence-corrected chi connectivity index (χ4v) is 4.20. The molecule has 0 fully saturated rings. The zero-order valence-electron chi connectivity index (χ0n) is 33.8. The van der Waals surface area contributed by atoms with Crippen LogP contribution >= 0.6 is 0 Å². The Morgan fingerprint density at radius 3 is 1.44 bits per heavy atom. The summed E-state index contributed by atoms with van der Waals surface area (Å²) in [6, 6.07) is 0. The van der Waals surface area contributed by atoms with E-state index in [0.29, 0.717) is 17.3 Å². The number of hydrogen-bond donors (Lipinski definition) is 1. The molecule has 5 heteroatoms. The van der Waals surface area contributed by atoms with E-state index < -0.39 is 0 Å². The van der Waals surface area contributed by atoms with Crippen LogP contribution in [0.2, 0.25) is 0 Å². The predicted molar refractivity (Wildman–Crippen MR) is 200 cm³/mol. The van der Waals surface area contributed by atoms with Crippen molar-refractivity contribution in [2.45, 2.75) is 189 Å². The number of unbranched alkanes of at least 4 members (excludes halogenated alkanes) is 2. The zero-order valence-corrected chi connectivity index (χ0v) is 33.8. The topological polar surface area (TPSA) is 59.8 Å². The minimum absolute atomic E-state index is 0.176. The number of amides is 1. The Kier molecular flexibility index (Phi) is 20.1. The van der Waals surface area contributed by atoms with Crippen molar-refractivity contribution in [1.82, 2.24) is 20.3 Å². The van der Waals surface area contributed by atoms with E-state index in [1.54, 1.807) is 0 Å². The van der Waals surface area contributed by atoms with Gasteiger partial charge in [0.25, 0.3) is 0 Å². The van der Waals surface area contributed by atoms with Gasteiger partial charge >= 0.3 is 0 Å². The smallest absolute Gasteiger partial charge is 0.220 e. The van der Waals surface area contributed by atoms with E-state index in [1.807, 2.05) is 4.68 Å². The first kappa shape index (κ1) is 45.5. The van der Waals surface area contributed by atoms with Gasteiger partial charge in [-0.05, 0) is 83.9 Å². The molecular weight excluding hydrogens is 552 g/mol. The molecule has 0 radical (unpaired) electrons. The van der Waals surface area contributed by atoms with Crippen LogP contribution in [-0.4, -0.2) is 27.4 Å². The molecule has 1 N–H and O–H groups in total. The SMILES string of the molecule is CC(C)(C)CCC(=O)NCC(C)(C)C.CC(C)(C)CCC/C=C/CCCC(C)(C)C.CC(C)(C)Cc1cn(CC(C)(C)C)nn1. The molecule has 1 aromatic rings. The number of carbonyl (C=O) groups excluding carboxylic acids is 1. The second-order valence-electron chi connectivity index (χ2n) is 20.5. The van der Waals surface area contributed by atoms with Crippen LogP contribution in [0.5, 0.6) is 0 Å². The third-order valence-electron chi connectivity index (χ3n) is 6.61. The number of allylic oxidation sites excluding steroid dienone is 2. The largest absolute Gasteiger partial charge is 0.356 e. The van der Waals surface area contributed by atoms with E-state index >= 15 is 0 Å². The van der Waals surface area contributed by atoms with Crippen molar-refractivity contribution in [1.29, 1.82) is 0 Å². The lowest BCUT2D eigenvalue weighted by Crippen LogP contribution is -2.32. The van der Waals surface area contributed by atoms with E-state index in [0.717, 1.165) is 31.6 Å². The van der Waals surface area contributed by atoms with Crippen LogP contribution < -0.4 is 5.32 Å². The molecule has 5 nitrogen and oxygen atoms in total. The molecule has 0 aliphatic rings. The highest BCUT2D eigenvalue weighted by atomic mass is 16.1. The first-order valence-corrected chi connectivity index (χ1v) is 17.8. The van der Waals surface area contributed by atoms with Gasteiger partial charge in [0.2, 0.25) is 5.91 Å². The van der Waals surface area contributed by atoms with Gasteiger partial charge in [0.1, 0.15) is 0 Å². The number of hydrogen-bond acceptors (Lipinski definition) is 3. The standard InChI is InChI=1S/C16H32.C12H23N3.C12H25NO/c1-15(2,3)13-11-9-7-8-10-12-14-16(4,5)6;1-11(2,3)7-10-8-15(14-13-10)9-12(4,5)6;1-11(2,3)8-7-10(14)13-9-12(4,5)6/h7-8H,9-14H2,1-6H3;8H,7,9H2,1-6H3;7-9H2,1-6H3,(H,13,14)/b8-7+;;. The lowest BCUT2D eigenvalue weighted by molar-refractivity contribution is -0.122. The fourth-order valence-electron chi connectivity index (χ4n) is 4.20. The molecular formula is C40H80N4O. The average molecular weight is 633 g/mol. The molecule has 1 aromatic heterocycles. The molecule has 0 spiro atoms. The fraction of sp³-hybridized carbons (Fsp3) is 0.875. The molecule has 1 heterocycles. The monoisotopic (exact) mass is 633 g/mol. The van der Waals surface area contributed by atoms with Gasteiger partial charge in [0.05, 0.1) is 5.69 Å². The van der Waals surface area contributed by atoms with Crippen molar-refractivity contribution in [3.05, 3.63) is 24.0 Å². The summed E-state index contributed by atoms with van der Waals surface area (Å²) >= 11 is 0. The summed E-state index contributed by atoms with van der Waals surface area (Å²) in [5.41, 5.74) is 3.05. The number of aromatic nitrogens is 3. The first-order valence-electron chi connectivity index (χ1n) is 17.8. The third kappa shape index (κ3) is 38.4. The Morgan fingerprint density at radius 2 is 1.09 bits per heavy atom. The van der Waals surface area contributed by atoms with Gasteiger partial charge in [-0.2, -0.15) is 0 Å². The van der Waals surface area contributed by atoms with Crippen molar-refractivity contribution in [3.8, 4) is 0 Å². The molecule has 0 aliphatic heterocycles. The van der Waals surface area contributed by atoms with Crippen molar-refractivity contribution >= 4 is 5.91 Å². The van der Waals surface area contributed by atoms with Crippen LogP contribution in [0.15, 0.2) is 18.3 Å². The molecule has 0 atom stereocenters. The Hall–Kier alpha value is -1.65. The molecule has 0 saturated carbocycles. The molecule has 0 aromatic carbocycles. The molecule has 0 unspecified atom stereocenters. The third-order valence-corrected chi connectivity index (χ3v) is 6.61. The summed E-state index contributed by atoms with van der Waals surface area (Å²) in [6.45, 7) is 41.7. The Labute approximate surface area is 282 Å². The van der Waals surface area contributed by atoms with Crippen molar-refractivity contribution < 1.29 is 4.79 Å². The summed E-state index contributed by atoms with van der Waals surface area (Å²) in [6.07, 6.45) is 17.2. The summed E-state index contributed by atoms with van der Waals surface area (Å²) in [4.78, 5) is 11.4. The lowest BCUT2D eigenvalue weighted by Gasteiger charge is -2.20. The Balaban J connectivity index is 0. The summed E-state index contributed by atoms with van der Waals surface area (Å²) < 4.78 is 1.95. The minimum Gasteiger partial charge on any atom is -0.356 e. The highest BCUT2D eigenvalue weighted by Gasteiger charge is 2.17. The number of rotatable bonds is 11. The van der Waals surface area contributed by atoms with Gasteiger partial charge in [-0.3, -0.25) is 9.48 Å². The van der Waals surface area contributed by atoms with Gasteiger partial charge in [0.15, 0.2) is 0 Å². The van der Waals surface area contributed by atoms with Crippen LogP contribution in [-0.2, 0) is 17.8 Å². The Bertz CT molecular complexity index is 857. The first-order chi connectivity index (χ1) is 20.0. The summed E-state index contributed by atoms with van der Waals surface area (Å²) in [7, 11) is 0. The van der Waals surface area contributed by atoms with Crippen molar-refractivity contribution in [2.75, 3.05) is 6.54 Å². The van der Waals surface area contributed by atoms with E-state index in [4.69, 9.17) is 0 Å². The van der Waals surface area contributed by atoms with Crippen molar-refractivity contribution in [3.63, 3.8) is 0 Å². The second-order valence-corrected chi connectivity index (χ2v) is 20.5. The van der Waals surface area contributed by atoms with Crippen LogP contribution in [0, 0.1) is 32.5 Å². The molecule has 0 aliphatic carbocycles. The van der Waals surface area contributed by atoms with Crippen LogP contribution in [0.4, 0.5) is 0 Å². The number of nitrogens with zero attached hydrogens (tertiary/aromatic N) is 3. The van der Waals surface area contributed by atoms with Gasteiger partial charge < -0.3 is 5.32 Å². The highest BCUT2D eigenvalue weighted by molar-refractivity contribution is 5.75. The average Bonchev–Trinajstić information content (AvgIpc) is 3.19. The highest BCUT2D eigenvalue weighted by Crippen LogP contribution is 2.24. The number of carbonyl (C=O) groups is 1. The van der Waals surface area contributed by atoms with Gasteiger partial charge in [-0.25, -0.2) is 0 Å². The molecule has 0 bridgehead atoms.